The fourth-order valence-electron chi connectivity index (χ4n) is 5.83. The van der Waals surface area contributed by atoms with Gasteiger partial charge in [0.25, 0.3) is 5.97 Å². The van der Waals surface area contributed by atoms with Crippen molar-refractivity contribution in [2.75, 3.05) is 20.1 Å². The zero-order chi connectivity index (χ0) is 46.8. The quantitative estimate of drug-likeness (QED) is 0.0525. The van der Waals surface area contributed by atoms with Gasteiger partial charge in [0.05, 0.1) is 19.0 Å². The van der Waals surface area contributed by atoms with Crippen LogP contribution in [0.15, 0.2) is 30.3 Å². The Labute approximate surface area is 357 Å². The Balaban J connectivity index is 0.00000858. The molecular formula is C41H68N8O12. The molecule has 0 saturated carbocycles. The highest BCUT2D eigenvalue weighted by Gasteiger charge is 2.34. The standard InChI is InChI=1S/C39H64N8O10.C2H4O2/c1-7-8-16-28(39(56)57)44-37(54)30(19-23(2)3)47(6)31(48)22-42-38(55)33(24(4)5)46-36(53)29(20-25-14-10-9-11-15-25)45-35(52)27(17-12-13-18-40)43-34(51)26(41)21-32(49)50;1-2(3)4/h9-11,14-15,23-24,26-30,33H,7-8,12-13,16-22,40-41H2,1-6H3,(H,42,55)(H,43,51)(H,44,54)(H,45,52)(H,46,53)(H,49,50)(H,56,57);1H3,(H,3,4)/t26-,27-,28-,29-,30-,33-;/m0./s1. The van der Waals surface area contributed by atoms with E-state index in [0.717, 1.165) is 13.3 Å². The van der Waals surface area contributed by atoms with Gasteiger partial charge in [-0.2, -0.15) is 0 Å². The Morgan fingerprint density at radius 2 is 1.26 bits per heavy atom. The predicted octanol–water partition coefficient (Wildman–Crippen LogP) is 0.110. The number of nitrogens with two attached hydrogens (primary N) is 2. The van der Waals surface area contributed by atoms with Gasteiger partial charge in [-0.1, -0.05) is 77.8 Å². The molecule has 6 amide bonds. The molecular weight excluding hydrogens is 796 g/mol. The van der Waals surface area contributed by atoms with E-state index in [1.54, 1.807) is 44.2 Å². The van der Waals surface area contributed by atoms with Crippen LogP contribution in [-0.4, -0.2) is 130 Å². The number of hydrogen-bond donors (Lipinski definition) is 10. The van der Waals surface area contributed by atoms with Crippen molar-refractivity contribution in [3.8, 4) is 0 Å². The first-order chi connectivity index (χ1) is 28.5. The van der Waals surface area contributed by atoms with Crippen LogP contribution in [0, 0.1) is 11.8 Å². The maximum Gasteiger partial charge on any atom is 0.326 e. The summed E-state index contributed by atoms with van der Waals surface area (Å²) in [6.07, 6.45) is 2.17. The highest BCUT2D eigenvalue weighted by atomic mass is 16.4. The van der Waals surface area contributed by atoms with Crippen molar-refractivity contribution in [2.45, 2.75) is 136 Å². The van der Waals surface area contributed by atoms with Crippen molar-refractivity contribution in [2.24, 2.45) is 23.3 Å². The summed E-state index contributed by atoms with van der Waals surface area (Å²) in [5, 5.41) is 39.0. The molecule has 20 nitrogen and oxygen atoms in total. The maximum absolute atomic E-state index is 13.9. The van der Waals surface area contributed by atoms with E-state index >= 15 is 0 Å². The van der Waals surface area contributed by atoms with Gasteiger partial charge >= 0.3 is 11.9 Å². The number of likely N-dealkylation sites (N-methyl/N-ethyl adjacent to an activating group) is 1. The Bertz CT molecular complexity index is 1590. The van der Waals surface area contributed by atoms with Crippen molar-refractivity contribution in [1.82, 2.24) is 31.5 Å². The molecule has 0 aromatic heterocycles. The Morgan fingerprint density at radius 3 is 1.77 bits per heavy atom. The fraction of sp³-hybridized carbons (Fsp3) is 0.634. The average molecular weight is 865 g/mol. The topological polar surface area (TPSA) is 330 Å². The molecule has 61 heavy (non-hydrogen) atoms. The van der Waals surface area contributed by atoms with Crippen LogP contribution in [0.5, 0.6) is 0 Å². The predicted molar refractivity (Wildman–Crippen MR) is 225 cm³/mol. The highest BCUT2D eigenvalue weighted by molar-refractivity contribution is 5.96. The van der Waals surface area contributed by atoms with Gasteiger partial charge < -0.3 is 58.3 Å². The molecule has 0 radical (unpaired) electrons. The lowest BCUT2D eigenvalue weighted by Gasteiger charge is -2.30. The third kappa shape index (κ3) is 23.1. The minimum atomic E-state index is -1.43. The first-order valence-electron chi connectivity index (χ1n) is 20.4. The molecule has 0 aliphatic carbocycles. The van der Waals surface area contributed by atoms with Crippen molar-refractivity contribution >= 4 is 53.4 Å². The molecule has 1 aromatic carbocycles. The van der Waals surface area contributed by atoms with Crippen LogP contribution in [0.2, 0.25) is 0 Å². The number of carboxylic acids is 3. The number of aliphatic carboxylic acids is 3. The number of carbonyl (C=O) groups excluding carboxylic acids is 6. The van der Waals surface area contributed by atoms with Crippen LogP contribution in [-0.2, 0) is 49.6 Å². The Kier molecular flexibility index (Phi) is 26.8. The van der Waals surface area contributed by atoms with Crippen LogP contribution in [0.25, 0.3) is 0 Å². The normalized spacial score (nSPS) is 13.8. The number of unbranched alkanes of at least 4 members (excludes halogenated alkanes) is 2. The van der Waals surface area contributed by atoms with Gasteiger partial charge in [0, 0.05) is 20.4 Å². The summed E-state index contributed by atoms with van der Waals surface area (Å²) in [6, 6.07) is 1.58. The van der Waals surface area contributed by atoms with E-state index in [1.165, 1.54) is 11.9 Å². The lowest BCUT2D eigenvalue weighted by Crippen LogP contribution is -2.59. The van der Waals surface area contributed by atoms with Crippen LogP contribution in [0.4, 0.5) is 0 Å². The Hall–Kier alpha value is -5.63. The summed E-state index contributed by atoms with van der Waals surface area (Å²) >= 11 is 0. The number of amides is 6. The van der Waals surface area contributed by atoms with E-state index in [-0.39, 0.29) is 31.6 Å². The molecule has 0 heterocycles. The summed E-state index contributed by atoms with van der Waals surface area (Å²) in [4.78, 5) is 113. The van der Waals surface area contributed by atoms with Gasteiger partial charge in [-0.25, -0.2) is 4.79 Å². The summed E-state index contributed by atoms with van der Waals surface area (Å²) in [5.74, 6) is -8.14. The third-order valence-electron chi connectivity index (χ3n) is 9.21. The average Bonchev–Trinajstić information content (AvgIpc) is 3.17. The largest absolute Gasteiger partial charge is 0.481 e. The molecule has 0 fully saturated rings. The molecule has 344 valence electrons. The fourth-order valence-corrected chi connectivity index (χ4v) is 5.83. The minimum Gasteiger partial charge on any atom is -0.481 e. The van der Waals surface area contributed by atoms with Gasteiger partial charge in [0.2, 0.25) is 35.4 Å². The molecule has 1 aromatic rings. The monoisotopic (exact) mass is 864 g/mol. The van der Waals surface area contributed by atoms with Crippen LogP contribution < -0.4 is 38.1 Å². The van der Waals surface area contributed by atoms with Gasteiger partial charge in [0.1, 0.15) is 30.2 Å². The second-order valence-corrected chi connectivity index (χ2v) is 15.5. The number of nitrogens with one attached hydrogen (secondary N) is 5. The minimum absolute atomic E-state index is 0.00337. The summed E-state index contributed by atoms with van der Waals surface area (Å²) < 4.78 is 0. The first kappa shape index (κ1) is 55.4. The molecule has 20 heteroatoms. The zero-order valence-corrected chi connectivity index (χ0v) is 36.4. The van der Waals surface area contributed by atoms with E-state index in [9.17, 15) is 43.5 Å². The summed E-state index contributed by atoms with van der Waals surface area (Å²) in [5.41, 5.74) is 12.0. The molecule has 1 rings (SSSR count). The van der Waals surface area contributed by atoms with Crippen molar-refractivity contribution in [3.63, 3.8) is 0 Å². The second kappa shape index (κ2) is 29.6. The Morgan fingerprint density at radius 1 is 0.721 bits per heavy atom. The molecule has 0 aliphatic rings. The first-order valence-corrected chi connectivity index (χ1v) is 20.4. The molecule has 0 saturated heterocycles. The molecule has 0 unspecified atom stereocenters. The maximum atomic E-state index is 13.9. The SMILES string of the molecule is CC(=O)O.CCCC[C@H](NC(=O)[C@H](CC(C)C)N(C)C(=O)CNC(=O)[C@@H](NC(=O)[C@H](Cc1ccccc1)NC(=O)[C@H](CCCCN)NC(=O)[C@@H](N)CC(=O)O)C(C)C)C(=O)O. The van der Waals surface area contributed by atoms with E-state index in [2.05, 4.69) is 26.6 Å². The molecule has 0 bridgehead atoms. The number of hydrogen-bond acceptors (Lipinski definition) is 11. The third-order valence-corrected chi connectivity index (χ3v) is 9.21. The van der Waals surface area contributed by atoms with E-state index in [4.69, 9.17) is 26.5 Å². The number of rotatable bonds is 27. The van der Waals surface area contributed by atoms with Crippen LogP contribution >= 0.6 is 0 Å². The summed E-state index contributed by atoms with van der Waals surface area (Å²) in [6.45, 7) is 9.82. The lowest BCUT2D eigenvalue weighted by atomic mass is 10.00. The number of nitrogens with zero attached hydrogens (tertiary/aromatic N) is 1. The lowest BCUT2D eigenvalue weighted by molar-refractivity contribution is -0.144. The molecule has 12 N–H and O–H groups in total. The van der Waals surface area contributed by atoms with E-state index < -0.39 is 108 Å². The smallest absolute Gasteiger partial charge is 0.326 e. The summed E-state index contributed by atoms with van der Waals surface area (Å²) in [7, 11) is 1.40. The van der Waals surface area contributed by atoms with Crippen molar-refractivity contribution in [3.05, 3.63) is 35.9 Å². The van der Waals surface area contributed by atoms with Crippen molar-refractivity contribution < 1.29 is 58.5 Å². The van der Waals surface area contributed by atoms with Gasteiger partial charge in [-0.15, -0.1) is 0 Å². The van der Waals surface area contributed by atoms with E-state index in [0.29, 0.717) is 31.4 Å². The second-order valence-electron chi connectivity index (χ2n) is 15.5. The van der Waals surface area contributed by atoms with Gasteiger partial charge in [0.15, 0.2) is 0 Å². The molecule has 0 spiro atoms. The van der Waals surface area contributed by atoms with Gasteiger partial charge in [-0.3, -0.25) is 38.4 Å². The van der Waals surface area contributed by atoms with Crippen molar-refractivity contribution in [1.29, 1.82) is 0 Å². The van der Waals surface area contributed by atoms with Gasteiger partial charge in [-0.05, 0) is 56.0 Å². The molecule has 0 aliphatic heterocycles. The number of benzene rings is 1. The van der Waals surface area contributed by atoms with E-state index in [1.807, 2.05) is 20.8 Å². The van der Waals surface area contributed by atoms with Crippen LogP contribution in [0.3, 0.4) is 0 Å². The van der Waals surface area contributed by atoms with Crippen LogP contribution in [0.1, 0.15) is 98.5 Å². The number of carbonyl (C=O) groups is 9. The number of carboxylic acid groups (broad SMARTS) is 3. The highest BCUT2D eigenvalue weighted by Crippen LogP contribution is 2.13. The molecule has 6 atom stereocenters. The zero-order valence-electron chi connectivity index (χ0n) is 36.4.